The predicted octanol–water partition coefficient (Wildman–Crippen LogP) is 2.28. The lowest BCUT2D eigenvalue weighted by Gasteiger charge is -2.14. The Kier molecular flexibility index (Phi) is 4.94. The van der Waals surface area contributed by atoms with E-state index in [2.05, 4.69) is 15.6 Å². The molecule has 2 amide bonds. The number of anilines is 1. The van der Waals surface area contributed by atoms with Crippen LogP contribution in [0.1, 0.15) is 22.8 Å². The van der Waals surface area contributed by atoms with Crippen molar-refractivity contribution in [3.8, 4) is 0 Å². The summed E-state index contributed by atoms with van der Waals surface area (Å²) in [5, 5.41) is 5.44. The summed E-state index contributed by atoms with van der Waals surface area (Å²) in [6, 6.07) is 8.40. The molecule has 1 atom stereocenters. The van der Waals surface area contributed by atoms with Gasteiger partial charge in [0.1, 0.15) is 12.3 Å². The van der Waals surface area contributed by atoms with E-state index in [4.69, 9.17) is 4.42 Å². The van der Waals surface area contributed by atoms with Gasteiger partial charge >= 0.3 is 0 Å². The van der Waals surface area contributed by atoms with E-state index in [1.807, 2.05) is 29.0 Å². The zero-order valence-electron chi connectivity index (χ0n) is 13.7. The van der Waals surface area contributed by atoms with Crippen LogP contribution in [0.25, 0.3) is 0 Å². The molecule has 0 saturated carbocycles. The average Bonchev–Trinajstić information content (AvgIpc) is 3.28. The number of hydrogen-bond acceptors (Lipinski definition) is 4. The molecule has 7 nitrogen and oxygen atoms in total. The Morgan fingerprint density at radius 2 is 2.20 bits per heavy atom. The first-order valence-electron chi connectivity index (χ1n) is 7.80. The highest BCUT2D eigenvalue weighted by Crippen LogP contribution is 2.12. The van der Waals surface area contributed by atoms with Crippen LogP contribution >= 0.6 is 0 Å². The van der Waals surface area contributed by atoms with E-state index in [0.29, 0.717) is 17.8 Å². The normalized spacial score (nSPS) is 11.7. The van der Waals surface area contributed by atoms with Gasteiger partial charge in [-0.25, -0.2) is 4.98 Å². The SMILES string of the molecule is CC(NC(=O)c1ccoc1)C(=O)Nc1cccc(Cn2ccnc2)c1. The molecule has 3 aromatic rings. The summed E-state index contributed by atoms with van der Waals surface area (Å²) < 4.78 is 6.80. The van der Waals surface area contributed by atoms with Crippen LogP contribution in [0.2, 0.25) is 0 Å². The first-order valence-corrected chi connectivity index (χ1v) is 7.80. The lowest BCUT2D eigenvalue weighted by atomic mass is 10.2. The van der Waals surface area contributed by atoms with Gasteiger partial charge in [0.05, 0.1) is 18.2 Å². The van der Waals surface area contributed by atoms with Crippen LogP contribution in [0.5, 0.6) is 0 Å². The Bertz CT molecular complexity index is 841. The maximum Gasteiger partial charge on any atom is 0.255 e. The summed E-state index contributed by atoms with van der Waals surface area (Å²) in [5.74, 6) is -0.651. The lowest BCUT2D eigenvalue weighted by molar-refractivity contribution is -0.117. The van der Waals surface area contributed by atoms with E-state index in [0.717, 1.165) is 5.56 Å². The fourth-order valence-electron chi connectivity index (χ4n) is 2.33. The van der Waals surface area contributed by atoms with E-state index >= 15 is 0 Å². The number of furan rings is 1. The minimum atomic E-state index is -0.681. The van der Waals surface area contributed by atoms with Crippen molar-refractivity contribution in [3.63, 3.8) is 0 Å². The van der Waals surface area contributed by atoms with Gasteiger partial charge in [0.15, 0.2) is 0 Å². The summed E-state index contributed by atoms with van der Waals surface area (Å²) in [5.41, 5.74) is 2.08. The van der Waals surface area contributed by atoms with Crippen LogP contribution in [-0.2, 0) is 11.3 Å². The van der Waals surface area contributed by atoms with Crippen LogP contribution in [0.15, 0.2) is 66.0 Å². The Hall–Kier alpha value is -3.35. The van der Waals surface area contributed by atoms with E-state index < -0.39 is 6.04 Å². The number of imidazole rings is 1. The molecule has 7 heteroatoms. The zero-order chi connectivity index (χ0) is 17.6. The van der Waals surface area contributed by atoms with Crippen molar-refractivity contribution in [1.82, 2.24) is 14.9 Å². The Morgan fingerprint density at radius 3 is 2.92 bits per heavy atom. The number of rotatable bonds is 6. The van der Waals surface area contributed by atoms with Crippen molar-refractivity contribution in [3.05, 3.63) is 72.7 Å². The molecule has 2 N–H and O–H groups in total. The van der Waals surface area contributed by atoms with Crippen LogP contribution in [0.4, 0.5) is 5.69 Å². The van der Waals surface area contributed by atoms with E-state index in [1.165, 1.54) is 12.5 Å². The summed E-state index contributed by atoms with van der Waals surface area (Å²) in [7, 11) is 0. The molecule has 25 heavy (non-hydrogen) atoms. The van der Waals surface area contributed by atoms with Gasteiger partial charge in [0.25, 0.3) is 5.91 Å². The quantitative estimate of drug-likeness (QED) is 0.721. The molecule has 0 radical (unpaired) electrons. The molecule has 2 aromatic heterocycles. The molecule has 0 bridgehead atoms. The van der Waals surface area contributed by atoms with Crippen molar-refractivity contribution in [2.45, 2.75) is 19.5 Å². The molecule has 0 aliphatic carbocycles. The van der Waals surface area contributed by atoms with Crippen molar-refractivity contribution < 1.29 is 14.0 Å². The summed E-state index contributed by atoms with van der Waals surface area (Å²) in [4.78, 5) is 28.2. The fraction of sp³-hybridized carbons (Fsp3) is 0.167. The van der Waals surface area contributed by atoms with Gasteiger partial charge in [-0.15, -0.1) is 0 Å². The number of benzene rings is 1. The lowest BCUT2D eigenvalue weighted by Crippen LogP contribution is -2.41. The summed E-state index contributed by atoms with van der Waals surface area (Å²) in [6.07, 6.45) is 8.07. The predicted molar refractivity (Wildman–Crippen MR) is 92.0 cm³/mol. The zero-order valence-corrected chi connectivity index (χ0v) is 13.7. The number of aromatic nitrogens is 2. The monoisotopic (exact) mass is 338 g/mol. The molecular weight excluding hydrogens is 320 g/mol. The van der Waals surface area contributed by atoms with Crippen LogP contribution in [0, 0.1) is 0 Å². The van der Waals surface area contributed by atoms with Gasteiger partial charge in [-0.1, -0.05) is 12.1 Å². The molecule has 1 aromatic carbocycles. The Balaban J connectivity index is 1.59. The van der Waals surface area contributed by atoms with Gasteiger partial charge in [-0.3, -0.25) is 9.59 Å². The van der Waals surface area contributed by atoms with Crippen molar-refractivity contribution in [1.29, 1.82) is 0 Å². The minimum Gasteiger partial charge on any atom is -0.472 e. The summed E-state index contributed by atoms with van der Waals surface area (Å²) in [6.45, 7) is 2.29. The van der Waals surface area contributed by atoms with Gasteiger partial charge in [-0.05, 0) is 30.7 Å². The highest BCUT2D eigenvalue weighted by molar-refractivity contribution is 6.00. The molecule has 0 aliphatic rings. The molecule has 0 aliphatic heterocycles. The highest BCUT2D eigenvalue weighted by Gasteiger charge is 2.17. The van der Waals surface area contributed by atoms with Gasteiger partial charge in [0, 0.05) is 24.6 Å². The summed E-state index contributed by atoms with van der Waals surface area (Å²) >= 11 is 0. The maximum absolute atomic E-state index is 12.3. The third-order valence-electron chi connectivity index (χ3n) is 3.64. The first-order chi connectivity index (χ1) is 12.1. The van der Waals surface area contributed by atoms with E-state index in [1.54, 1.807) is 31.6 Å². The number of amides is 2. The molecule has 0 spiro atoms. The average molecular weight is 338 g/mol. The molecule has 1 unspecified atom stereocenters. The molecule has 128 valence electrons. The first kappa shape index (κ1) is 16.5. The fourth-order valence-corrected chi connectivity index (χ4v) is 2.33. The smallest absolute Gasteiger partial charge is 0.255 e. The van der Waals surface area contributed by atoms with Crippen molar-refractivity contribution in [2.75, 3.05) is 5.32 Å². The standard InChI is InChI=1S/C18H18N4O3/c1-13(20-18(24)15-5-8-25-11-15)17(23)21-16-4-2-3-14(9-16)10-22-7-6-19-12-22/h2-9,11-13H,10H2,1H3,(H,20,24)(H,21,23). The van der Waals surface area contributed by atoms with Crippen molar-refractivity contribution in [2.24, 2.45) is 0 Å². The maximum atomic E-state index is 12.3. The largest absolute Gasteiger partial charge is 0.472 e. The number of nitrogens with zero attached hydrogens (tertiary/aromatic N) is 2. The second-order valence-corrected chi connectivity index (χ2v) is 5.63. The highest BCUT2D eigenvalue weighted by atomic mass is 16.3. The minimum absolute atomic E-state index is 0.295. The Morgan fingerprint density at radius 1 is 1.32 bits per heavy atom. The van der Waals surface area contributed by atoms with Crippen molar-refractivity contribution >= 4 is 17.5 Å². The molecule has 0 fully saturated rings. The molecule has 2 heterocycles. The van der Waals surface area contributed by atoms with E-state index in [-0.39, 0.29) is 11.8 Å². The van der Waals surface area contributed by atoms with Gasteiger partial charge in [0.2, 0.25) is 5.91 Å². The number of carbonyl (C=O) groups excluding carboxylic acids is 2. The van der Waals surface area contributed by atoms with Gasteiger partial charge in [-0.2, -0.15) is 0 Å². The van der Waals surface area contributed by atoms with Crippen LogP contribution < -0.4 is 10.6 Å². The van der Waals surface area contributed by atoms with Crippen LogP contribution in [0.3, 0.4) is 0 Å². The third kappa shape index (κ3) is 4.35. The number of hydrogen-bond donors (Lipinski definition) is 2. The third-order valence-corrected chi connectivity index (χ3v) is 3.64. The Labute approximate surface area is 144 Å². The molecular formula is C18H18N4O3. The van der Waals surface area contributed by atoms with Gasteiger partial charge < -0.3 is 19.6 Å². The van der Waals surface area contributed by atoms with Crippen LogP contribution in [-0.4, -0.2) is 27.4 Å². The second-order valence-electron chi connectivity index (χ2n) is 5.63. The van der Waals surface area contributed by atoms with E-state index in [9.17, 15) is 9.59 Å². The number of carbonyl (C=O) groups is 2. The number of nitrogens with one attached hydrogen (secondary N) is 2. The molecule has 3 rings (SSSR count). The second kappa shape index (κ2) is 7.48. The molecule has 0 saturated heterocycles. The topological polar surface area (TPSA) is 89.2 Å².